The molecule has 0 saturated heterocycles. The molecule has 0 spiro atoms. The number of hydrogen-bond acceptors (Lipinski definition) is 2. The van der Waals surface area contributed by atoms with Gasteiger partial charge in [0.15, 0.2) is 5.75 Å². The smallest absolute Gasteiger partial charge is 0.209 e. The molecule has 0 aliphatic rings. The van der Waals surface area contributed by atoms with E-state index in [1.165, 1.54) is 17.0 Å². The van der Waals surface area contributed by atoms with Crippen LogP contribution in [0.5, 0.6) is 5.75 Å². The van der Waals surface area contributed by atoms with Crippen molar-refractivity contribution in [1.82, 2.24) is 4.90 Å². The van der Waals surface area contributed by atoms with Crippen LogP contribution in [0.3, 0.4) is 0 Å². The highest BCUT2D eigenvalue weighted by Gasteiger charge is 2.03. The number of carbonyl (C=O) groups excluding carboxylic acids is 1. The zero-order chi connectivity index (χ0) is 12.0. The number of phenols is 1. The maximum Gasteiger partial charge on any atom is 0.209 e. The van der Waals surface area contributed by atoms with E-state index >= 15 is 0 Å². The Bertz CT molecular complexity index is 319. The highest BCUT2D eigenvalue weighted by Crippen LogP contribution is 2.34. The van der Waals surface area contributed by atoms with Gasteiger partial charge in [-0.05, 0) is 12.1 Å². The summed E-state index contributed by atoms with van der Waals surface area (Å²) < 4.78 is 0. The third-order valence-electron chi connectivity index (χ3n) is 1.19. The zero-order valence-electron chi connectivity index (χ0n) is 8.17. The summed E-state index contributed by atoms with van der Waals surface area (Å²) in [4.78, 5) is 10.9. The van der Waals surface area contributed by atoms with Crippen LogP contribution in [-0.4, -0.2) is 30.5 Å². The third kappa shape index (κ3) is 5.72. The summed E-state index contributed by atoms with van der Waals surface area (Å²) in [6.07, 6.45) is 0.750. The van der Waals surface area contributed by atoms with Crippen LogP contribution in [0.25, 0.3) is 0 Å². The first-order valence-electron chi connectivity index (χ1n) is 3.83. The van der Waals surface area contributed by atoms with Gasteiger partial charge in [-0.2, -0.15) is 0 Å². The molecule has 0 aromatic heterocycles. The molecule has 0 bridgehead atoms. The number of benzene rings is 1. The van der Waals surface area contributed by atoms with Gasteiger partial charge < -0.3 is 10.0 Å². The first-order chi connectivity index (χ1) is 6.88. The van der Waals surface area contributed by atoms with Gasteiger partial charge in [-0.15, -0.1) is 0 Å². The number of phenolic OH excluding ortho intramolecular Hbond substituents is 1. The van der Waals surface area contributed by atoms with Crippen LogP contribution in [0, 0.1) is 0 Å². The Morgan fingerprint density at radius 3 is 1.80 bits per heavy atom. The topological polar surface area (TPSA) is 40.5 Å². The minimum atomic E-state index is -0.132. The number of aromatic hydroxyl groups is 1. The third-order valence-corrected chi connectivity index (χ3v) is 1.99. The van der Waals surface area contributed by atoms with E-state index in [1.807, 2.05) is 0 Å². The Hall–Kier alpha value is -0.640. The predicted octanol–water partition coefficient (Wildman–Crippen LogP) is 3.06. The van der Waals surface area contributed by atoms with E-state index in [4.69, 9.17) is 39.9 Å². The lowest BCUT2D eigenvalue weighted by atomic mass is 10.3. The van der Waals surface area contributed by atoms with Crippen molar-refractivity contribution in [1.29, 1.82) is 0 Å². The summed E-state index contributed by atoms with van der Waals surface area (Å²) in [5, 5.41) is 9.75. The maximum absolute atomic E-state index is 9.43. The van der Waals surface area contributed by atoms with Crippen molar-refractivity contribution < 1.29 is 9.90 Å². The molecule has 1 aromatic rings. The number of hydrogen-bond donors (Lipinski definition) is 1. The van der Waals surface area contributed by atoms with Gasteiger partial charge in [0.2, 0.25) is 6.41 Å². The van der Waals surface area contributed by atoms with E-state index in [2.05, 4.69) is 0 Å². The standard InChI is InChI=1S/C6H3Cl3O.C3H7NO/c7-3-1-4(8)6(10)5(9)2-3;1-4(2)3-5/h1-2,10H;3H,1-2H3. The minimum absolute atomic E-state index is 0.132. The molecule has 6 heteroatoms. The number of amides is 1. The van der Waals surface area contributed by atoms with Crippen LogP contribution in [-0.2, 0) is 4.79 Å². The summed E-state index contributed by atoms with van der Waals surface area (Å²) in [5.74, 6) is -0.132. The van der Waals surface area contributed by atoms with Crippen molar-refractivity contribution >= 4 is 41.2 Å². The van der Waals surface area contributed by atoms with E-state index in [1.54, 1.807) is 14.1 Å². The lowest BCUT2D eigenvalue weighted by Crippen LogP contribution is -2.06. The molecule has 1 aromatic carbocycles. The fraction of sp³-hybridized carbons (Fsp3) is 0.222. The molecule has 3 nitrogen and oxygen atoms in total. The lowest BCUT2D eigenvalue weighted by Gasteiger charge is -1.98. The molecular formula is C9H10Cl3NO2. The largest absolute Gasteiger partial charge is 0.505 e. The SMILES string of the molecule is CN(C)C=O.Oc1c(Cl)cc(Cl)cc1Cl. The van der Waals surface area contributed by atoms with Crippen molar-refractivity contribution in [2.24, 2.45) is 0 Å². The van der Waals surface area contributed by atoms with Gasteiger partial charge in [0.05, 0.1) is 10.0 Å². The van der Waals surface area contributed by atoms with E-state index in [0.717, 1.165) is 6.41 Å². The van der Waals surface area contributed by atoms with E-state index < -0.39 is 0 Å². The van der Waals surface area contributed by atoms with Gasteiger partial charge in [0, 0.05) is 19.1 Å². The van der Waals surface area contributed by atoms with Crippen LogP contribution < -0.4 is 0 Å². The highest BCUT2D eigenvalue weighted by molar-refractivity contribution is 6.40. The van der Waals surface area contributed by atoms with E-state index in [-0.39, 0.29) is 15.8 Å². The van der Waals surface area contributed by atoms with Crippen LogP contribution in [0.2, 0.25) is 15.1 Å². The zero-order valence-corrected chi connectivity index (χ0v) is 10.4. The summed E-state index contributed by atoms with van der Waals surface area (Å²) in [6.45, 7) is 0. The Morgan fingerprint density at radius 2 is 1.53 bits per heavy atom. The van der Waals surface area contributed by atoms with Crippen molar-refractivity contribution in [3.8, 4) is 5.75 Å². The van der Waals surface area contributed by atoms with Gasteiger partial charge in [-0.1, -0.05) is 34.8 Å². The molecule has 0 unspecified atom stereocenters. The summed E-state index contributed by atoms with van der Waals surface area (Å²) in [6, 6.07) is 2.84. The van der Waals surface area contributed by atoms with Crippen molar-refractivity contribution in [3.05, 3.63) is 27.2 Å². The van der Waals surface area contributed by atoms with Gasteiger partial charge in [0.25, 0.3) is 0 Å². The van der Waals surface area contributed by atoms with Gasteiger partial charge in [0.1, 0.15) is 0 Å². The normalized spacial score (nSPS) is 8.87. The van der Waals surface area contributed by atoms with Gasteiger partial charge >= 0.3 is 0 Å². The van der Waals surface area contributed by atoms with E-state index in [9.17, 15) is 4.79 Å². The number of nitrogens with zero attached hydrogens (tertiary/aromatic N) is 1. The quantitative estimate of drug-likeness (QED) is 0.797. The van der Waals surface area contributed by atoms with Gasteiger partial charge in [-0.25, -0.2) is 0 Å². The molecule has 0 fully saturated rings. The minimum Gasteiger partial charge on any atom is -0.505 e. The van der Waals surface area contributed by atoms with Crippen LogP contribution in [0.4, 0.5) is 0 Å². The van der Waals surface area contributed by atoms with Crippen molar-refractivity contribution in [2.75, 3.05) is 14.1 Å². The first-order valence-corrected chi connectivity index (χ1v) is 4.97. The second kappa shape index (κ2) is 6.77. The molecule has 0 heterocycles. The molecule has 15 heavy (non-hydrogen) atoms. The Balaban J connectivity index is 0.000000336. The molecule has 1 N–H and O–H groups in total. The number of carbonyl (C=O) groups is 1. The molecule has 1 amide bonds. The molecule has 0 saturated carbocycles. The molecular weight excluding hydrogens is 260 g/mol. The van der Waals surface area contributed by atoms with Crippen LogP contribution in [0.1, 0.15) is 0 Å². The van der Waals surface area contributed by atoms with Crippen molar-refractivity contribution in [3.63, 3.8) is 0 Å². The fourth-order valence-electron chi connectivity index (χ4n) is 0.535. The molecule has 0 aliphatic carbocycles. The molecule has 0 radical (unpaired) electrons. The predicted molar refractivity (Wildman–Crippen MR) is 62.9 cm³/mol. The summed E-state index contributed by atoms with van der Waals surface area (Å²) >= 11 is 16.5. The molecule has 0 atom stereocenters. The second-order valence-electron chi connectivity index (χ2n) is 2.79. The Morgan fingerprint density at radius 1 is 1.20 bits per heavy atom. The number of rotatable bonds is 1. The maximum atomic E-state index is 9.43. The average molecular weight is 271 g/mol. The van der Waals surface area contributed by atoms with Crippen molar-refractivity contribution in [2.45, 2.75) is 0 Å². The number of halogens is 3. The van der Waals surface area contributed by atoms with Gasteiger partial charge in [-0.3, -0.25) is 4.79 Å². The summed E-state index contributed by atoms with van der Waals surface area (Å²) in [7, 11) is 3.38. The lowest BCUT2D eigenvalue weighted by molar-refractivity contribution is -0.115. The Kier molecular flexibility index (Phi) is 6.48. The molecule has 84 valence electrons. The van der Waals surface area contributed by atoms with E-state index in [0.29, 0.717) is 5.02 Å². The summed E-state index contributed by atoms with van der Waals surface area (Å²) in [5.41, 5.74) is 0. The average Bonchev–Trinajstić information content (AvgIpc) is 2.15. The molecule has 0 aliphatic heterocycles. The fourth-order valence-corrected chi connectivity index (χ4v) is 1.35. The molecule has 1 rings (SSSR count). The second-order valence-corrected chi connectivity index (χ2v) is 4.04. The Labute approximate surface area is 103 Å². The first kappa shape index (κ1) is 14.4. The van der Waals surface area contributed by atoms with Crippen LogP contribution in [0.15, 0.2) is 12.1 Å². The van der Waals surface area contributed by atoms with Crippen LogP contribution >= 0.6 is 34.8 Å². The monoisotopic (exact) mass is 269 g/mol. The highest BCUT2D eigenvalue weighted by atomic mass is 35.5.